The van der Waals surface area contributed by atoms with Gasteiger partial charge in [-0.1, -0.05) is 12.1 Å². The lowest BCUT2D eigenvalue weighted by molar-refractivity contribution is 1.11. The third kappa shape index (κ3) is 1.74. The Balaban J connectivity index is 2.34. The predicted molar refractivity (Wildman–Crippen MR) is 70.9 cm³/mol. The Morgan fingerprint density at radius 1 is 1.18 bits per heavy atom. The van der Waals surface area contributed by atoms with Crippen LogP contribution in [-0.2, 0) is 0 Å². The summed E-state index contributed by atoms with van der Waals surface area (Å²) in [6.07, 6.45) is 3.84. The molecule has 0 N–H and O–H groups in total. The zero-order valence-electron chi connectivity index (χ0n) is 9.26. The van der Waals surface area contributed by atoms with E-state index in [0.717, 1.165) is 21.6 Å². The van der Waals surface area contributed by atoms with Gasteiger partial charge in [-0.3, -0.25) is 9.38 Å². The second-order valence-electron chi connectivity index (χ2n) is 3.90. The van der Waals surface area contributed by atoms with E-state index in [2.05, 4.69) is 55.6 Å². The Kier molecular flexibility index (Phi) is 2.44. The van der Waals surface area contributed by atoms with Crippen molar-refractivity contribution in [3.8, 4) is 11.5 Å². The Labute approximate surface area is 107 Å². The molecular formula is C13H10BrN3. The van der Waals surface area contributed by atoms with Gasteiger partial charge in [0.2, 0.25) is 0 Å². The molecular weight excluding hydrogens is 278 g/mol. The maximum Gasteiger partial charge on any atom is 0.164 e. The molecule has 0 aliphatic heterocycles. The molecule has 3 rings (SSSR count). The van der Waals surface area contributed by atoms with Crippen molar-refractivity contribution in [2.45, 2.75) is 6.92 Å². The van der Waals surface area contributed by atoms with Gasteiger partial charge in [0.1, 0.15) is 10.3 Å². The van der Waals surface area contributed by atoms with Crippen LogP contribution in [0.4, 0.5) is 0 Å². The van der Waals surface area contributed by atoms with Crippen LogP contribution in [0.15, 0.2) is 47.3 Å². The molecule has 4 heteroatoms. The fourth-order valence-corrected chi connectivity index (χ4v) is 2.32. The Morgan fingerprint density at radius 3 is 2.82 bits per heavy atom. The van der Waals surface area contributed by atoms with Crippen LogP contribution in [0.1, 0.15) is 5.56 Å². The predicted octanol–water partition coefficient (Wildman–Crippen LogP) is 3.47. The molecule has 0 unspecified atom stereocenters. The number of aryl methyl sites for hydroxylation is 1. The van der Waals surface area contributed by atoms with Gasteiger partial charge in [0.15, 0.2) is 5.82 Å². The summed E-state index contributed by atoms with van der Waals surface area (Å²) in [6, 6.07) is 9.96. The van der Waals surface area contributed by atoms with E-state index in [0.29, 0.717) is 0 Å². The number of pyridine rings is 2. The first-order chi connectivity index (χ1) is 8.25. The number of aromatic nitrogens is 3. The highest BCUT2D eigenvalue weighted by atomic mass is 79.9. The smallest absolute Gasteiger partial charge is 0.164 e. The number of rotatable bonds is 1. The zero-order chi connectivity index (χ0) is 11.8. The van der Waals surface area contributed by atoms with Gasteiger partial charge in [0.05, 0.1) is 5.52 Å². The van der Waals surface area contributed by atoms with Gasteiger partial charge in [0.25, 0.3) is 0 Å². The molecule has 0 aromatic carbocycles. The summed E-state index contributed by atoms with van der Waals surface area (Å²) in [5.74, 6) is 0.858. The Morgan fingerprint density at radius 2 is 2.06 bits per heavy atom. The summed E-state index contributed by atoms with van der Waals surface area (Å²) in [7, 11) is 0. The molecule has 0 aliphatic carbocycles. The monoisotopic (exact) mass is 287 g/mol. The average Bonchev–Trinajstić information content (AvgIpc) is 2.67. The van der Waals surface area contributed by atoms with Gasteiger partial charge < -0.3 is 0 Å². The van der Waals surface area contributed by atoms with Crippen molar-refractivity contribution in [2.24, 2.45) is 0 Å². The van der Waals surface area contributed by atoms with Crippen molar-refractivity contribution in [2.75, 3.05) is 0 Å². The van der Waals surface area contributed by atoms with Crippen LogP contribution < -0.4 is 0 Å². The average molecular weight is 288 g/mol. The summed E-state index contributed by atoms with van der Waals surface area (Å²) in [5, 5.41) is 0. The van der Waals surface area contributed by atoms with Crippen LogP contribution in [0.2, 0.25) is 0 Å². The second-order valence-corrected chi connectivity index (χ2v) is 4.65. The largest absolute Gasteiger partial charge is 0.297 e. The fourth-order valence-electron chi connectivity index (χ4n) is 1.83. The van der Waals surface area contributed by atoms with Crippen LogP contribution in [0.5, 0.6) is 0 Å². The maximum atomic E-state index is 4.52. The topological polar surface area (TPSA) is 30.2 Å². The highest BCUT2D eigenvalue weighted by molar-refractivity contribution is 9.10. The number of halogens is 1. The lowest BCUT2D eigenvalue weighted by Crippen LogP contribution is -1.91. The van der Waals surface area contributed by atoms with E-state index >= 15 is 0 Å². The van der Waals surface area contributed by atoms with E-state index in [1.54, 1.807) is 6.20 Å². The number of hydrogen-bond donors (Lipinski definition) is 0. The molecule has 3 nitrogen and oxygen atoms in total. The lowest BCUT2D eigenvalue weighted by Gasteiger charge is -2.01. The van der Waals surface area contributed by atoms with Crippen LogP contribution in [0.3, 0.4) is 0 Å². The molecule has 84 valence electrons. The van der Waals surface area contributed by atoms with E-state index in [1.807, 2.05) is 18.2 Å². The van der Waals surface area contributed by atoms with Crippen LogP contribution in [0.25, 0.3) is 17.0 Å². The molecule has 17 heavy (non-hydrogen) atoms. The first-order valence-electron chi connectivity index (χ1n) is 5.31. The summed E-state index contributed by atoms with van der Waals surface area (Å²) in [6.45, 7) is 2.07. The zero-order valence-corrected chi connectivity index (χ0v) is 10.8. The van der Waals surface area contributed by atoms with E-state index in [9.17, 15) is 0 Å². The molecule has 0 amide bonds. The van der Waals surface area contributed by atoms with Crippen molar-refractivity contribution in [1.29, 1.82) is 0 Å². The number of hydrogen-bond acceptors (Lipinski definition) is 2. The van der Waals surface area contributed by atoms with Crippen molar-refractivity contribution >= 4 is 21.4 Å². The van der Waals surface area contributed by atoms with Crippen molar-refractivity contribution in [1.82, 2.24) is 14.4 Å². The minimum Gasteiger partial charge on any atom is -0.297 e. The van der Waals surface area contributed by atoms with Crippen LogP contribution in [0, 0.1) is 6.92 Å². The molecule has 0 bridgehead atoms. The summed E-state index contributed by atoms with van der Waals surface area (Å²) in [4.78, 5) is 8.86. The van der Waals surface area contributed by atoms with E-state index < -0.39 is 0 Å². The van der Waals surface area contributed by atoms with Gasteiger partial charge in [-0.25, -0.2) is 4.98 Å². The van der Waals surface area contributed by atoms with Gasteiger partial charge in [-0.05, 0) is 46.6 Å². The Bertz CT molecular complexity index is 674. The summed E-state index contributed by atoms with van der Waals surface area (Å²) < 4.78 is 2.90. The molecule has 0 radical (unpaired) electrons. The van der Waals surface area contributed by atoms with Crippen molar-refractivity contribution < 1.29 is 0 Å². The first-order valence-corrected chi connectivity index (χ1v) is 6.10. The SMILES string of the molecule is Cc1ccc2c(Br)nc(-c3ccccn3)n2c1. The number of nitrogens with zero attached hydrogens (tertiary/aromatic N) is 3. The first kappa shape index (κ1) is 10.5. The maximum absolute atomic E-state index is 4.52. The van der Waals surface area contributed by atoms with E-state index in [-0.39, 0.29) is 0 Å². The molecule has 0 saturated heterocycles. The standard InChI is InChI=1S/C13H10BrN3/c1-9-5-6-11-12(14)16-13(17(11)8-9)10-4-2-3-7-15-10/h2-8H,1H3. The number of imidazole rings is 1. The molecule has 0 atom stereocenters. The molecule has 3 aromatic heterocycles. The molecule has 0 fully saturated rings. The van der Waals surface area contributed by atoms with Crippen molar-refractivity contribution in [3.05, 3.63) is 52.9 Å². The minimum absolute atomic E-state index is 0.846. The van der Waals surface area contributed by atoms with E-state index in [1.165, 1.54) is 5.56 Å². The third-order valence-electron chi connectivity index (χ3n) is 2.63. The van der Waals surface area contributed by atoms with Crippen LogP contribution >= 0.6 is 15.9 Å². The third-order valence-corrected chi connectivity index (χ3v) is 3.22. The molecule has 0 saturated carbocycles. The van der Waals surface area contributed by atoms with Gasteiger partial charge >= 0.3 is 0 Å². The minimum atomic E-state index is 0.846. The number of fused-ring (bicyclic) bond motifs is 1. The van der Waals surface area contributed by atoms with Crippen molar-refractivity contribution in [3.63, 3.8) is 0 Å². The summed E-state index contributed by atoms with van der Waals surface area (Å²) in [5.41, 5.74) is 3.12. The van der Waals surface area contributed by atoms with Gasteiger partial charge in [-0.2, -0.15) is 0 Å². The normalized spacial score (nSPS) is 10.9. The molecule has 3 heterocycles. The second kappa shape index (κ2) is 3.96. The Hall–Kier alpha value is -1.68. The van der Waals surface area contributed by atoms with Gasteiger partial charge in [0, 0.05) is 12.4 Å². The molecule has 0 spiro atoms. The molecule has 0 aliphatic rings. The molecule has 3 aromatic rings. The van der Waals surface area contributed by atoms with Gasteiger partial charge in [-0.15, -0.1) is 0 Å². The highest BCUT2D eigenvalue weighted by Gasteiger charge is 2.11. The fraction of sp³-hybridized carbons (Fsp3) is 0.0769. The summed E-state index contributed by atoms with van der Waals surface area (Å²) >= 11 is 3.48. The quantitative estimate of drug-likeness (QED) is 0.686. The highest BCUT2D eigenvalue weighted by Crippen LogP contribution is 2.25. The lowest BCUT2D eigenvalue weighted by atomic mass is 10.3. The van der Waals surface area contributed by atoms with E-state index in [4.69, 9.17) is 0 Å². The van der Waals surface area contributed by atoms with Crippen LogP contribution in [-0.4, -0.2) is 14.4 Å².